The second-order valence-electron chi connectivity index (χ2n) is 8.52. The number of halogens is 6. The van der Waals surface area contributed by atoms with Gasteiger partial charge in [-0.3, -0.25) is 29.4 Å². The minimum atomic E-state index is -5.99. The van der Waals surface area contributed by atoms with Crippen molar-refractivity contribution in [2.24, 2.45) is 0 Å². The zero-order chi connectivity index (χ0) is 26.6. The number of hydrogen-bond donors (Lipinski definition) is 1. The third-order valence-corrected chi connectivity index (χ3v) is 6.41. The first-order valence-electron chi connectivity index (χ1n) is 10.9. The summed E-state index contributed by atoms with van der Waals surface area (Å²) < 4.78 is 87.2. The molecule has 0 aliphatic carbocycles. The first-order valence-corrected chi connectivity index (χ1v) is 10.9. The van der Waals surface area contributed by atoms with Crippen LogP contribution in [0.2, 0.25) is 0 Å². The highest BCUT2D eigenvalue weighted by atomic mass is 19.4. The third-order valence-electron chi connectivity index (χ3n) is 6.41. The first-order chi connectivity index (χ1) is 16.8. The van der Waals surface area contributed by atoms with Crippen molar-refractivity contribution < 1.29 is 45.5 Å². The third kappa shape index (κ3) is 3.58. The fraction of sp³-hybridized carbons (Fsp3) is 0.333. The van der Waals surface area contributed by atoms with Gasteiger partial charge in [-0.25, -0.2) is 0 Å². The molecule has 2 heterocycles. The number of nitrogens with one attached hydrogen (secondary N) is 1. The van der Waals surface area contributed by atoms with Gasteiger partial charge in [0.1, 0.15) is 0 Å². The van der Waals surface area contributed by atoms with Crippen LogP contribution >= 0.6 is 0 Å². The number of unbranched alkanes of at least 4 members (excludes halogenated alkanes) is 2. The Labute approximate surface area is 200 Å². The molecule has 12 heteroatoms. The van der Waals surface area contributed by atoms with Gasteiger partial charge in [-0.15, -0.1) is 0 Å². The molecule has 36 heavy (non-hydrogen) atoms. The van der Waals surface area contributed by atoms with E-state index in [0.717, 1.165) is 17.4 Å². The Morgan fingerprint density at radius 3 is 1.75 bits per heavy atom. The molecule has 1 N–H and O–H groups in total. The Morgan fingerprint density at radius 1 is 0.694 bits per heavy atom. The molecule has 0 aromatic heterocycles. The average molecular weight is 512 g/mol. The fourth-order valence-corrected chi connectivity index (χ4v) is 4.63. The molecule has 0 saturated carbocycles. The summed E-state index contributed by atoms with van der Waals surface area (Å²) in [5.74, 6) is -3.86. The van der Waals surface area contributed by atoms with Crippen LogP contribution in [-0.2, 0) is 5.41 Å². The second-order valence-corrected chi connectivity index (χ2v) is 8.52. The number of rotatable bonds is 6. The SMILES string of the molecule is CCCCCN1C(=O)c2ccc(C(c3ccc4c(c3)C(=O)NC4=O)(C(F)(F)F)C(F)(F)F)cc2C1=O. The van der Waals surface area contributed by atoms with Crippen LogP contribution in [0, 0.1) is 0 Å². The molecule has 6 nitrogen and oxygen atoms in total. The van der Waals surface area contributed by atoms with Crippen LogP contribution in [0.4, 0.5) is 26.3 Å². The van der Waals surface area contributed by atoms with Crippen LogP contribution in [0.1, 0.15) is 78.7 Å². The molecule has 190 valence electrons. The minimum Gasteiger partial charge on any atom is -0.288 e. The maximum atomic E-state index is 14.5. The molecule has 0 radical (unpaired) electrons. The van der Waals surface area contributed by atoms with E-state index in [0.29, 0.717) is 43.2 Å². The number of alkyl halides is 6. The van der Waals surface area contributed by atoms with Gasteiger partial charge in [0.2, 0.25) is 5.41 Å². The summed E-state index contributed by atoms with van der Waals surface area (Å²) in [6.45, 7) is 1.86. The summed E-state index contributed by atoms with van der Waals surface area (Å²) in [6, 6.07) is 3.31. The second kappa shape index (κ2) is 8.45. The fourth-order valence-electron chi connectivity index (χ4n) is 4.63. The van der Waals surface area contributed by atoms with Crippen LogP contribution < -0.4 is 5.32 Å². The Balaban J connectivity index is 1.92. The van der Waals surface area contributed by atoms with E-state index in [9.17, 15) is 45.5 Å². The molecule has 4 rings (SSSR count). The van der Waals surface area contributed by atoms with Gasteiger partial charge in [0, 0.05) is 6.54 Å². The number of nitrogens with zero attached hydrogens (tertiary/aromatic N) is 1. The lowest BCUT2D eigenvalue weighted by Crippen LogP contribution is -2.55. The first kappa shape index (κ1) is 25.4. The lowest BCUT2D eigenvalue weighted by molar-refractivity contribution is -0.288. The number of carbonyl (C=O) groups excluding carboxylic acids is 4. The molecule has 2 aliphatic heterocycles. The van der Waals surface area contributed by atoms with E-state index in [1.54, 1.807) is 0 Å². The van der Waals surface area contributed by atoms with Crippen LogP contribution in [-0.4, -0.2) is 47.4 Å². The highest BCUT2D eigenvalue weighted by molar-refractivity contribution is 6.22. The monoisotopic (exact) mass is 512 g/mol. The van der Waals surface area contributed by atoms with Crippen LogP contribution in [0.5, 0.6) is 0 Å². The van der Waals surface area contributed by atoms with Gasteiger partial charge in [0.05, 0.1) is 22.3 Å². The Hall–Kier alpha value is -3.70. The summed E-state index contributed by atoms with van der Waals surface area (Å²) >= 11 is 0. The molecule has 0 saturated heterocycles. The van der Waals surface area contributed by atoms with Crippen LogP contribution in [0.25, 0.3) is 0 Å². The van der Waals surface area contributed by atoms with Gasteiger partial charge in [0.15, 0.2) is 0 Å². The number of hydrogen-bond acceptors (Lipinski definition) is 4. The smallest absolute Gasteiger partial charge is 0.288 e. The van der Waals surface area contributed by atoms with E-state index in [2.05, 4.69) is 0 Å². The normalized spacial score (nSPS) is 15.9. The minimum absolute atomic E-state index is 0.0207. The van der Waals surface area contributed by atoms with Crippen molar-refractivity contribution in [2.75, 3.05) is 6.54 Å². The topological polar surface area (TPSA) is 83.6 Å². The quantitative estimate of drug-likeness (QED) is 0.344. The van der Waals surface area contributed by atoms with Gasteiger partial charge < -0.3 is 0 Å². The van der Waals surface area contributed by atoms with E-state index < -0.39 is 63.7 Å². The van der Waals surface area contributed by atoms with E-state index in [1.165, 1.54) is 0 Å². The van der Waals surface area contributed by atoms with Crippen LogP contribution in [0.15, 0.2) is 36.4 Å². The van der Waals surface area contributed by atoms with E-state index in [4.69, 9.17) is 0 Å². The molecule has 0 atom stereocenters. The number of fused-ring (bicyclic) bond motifs is 2. The maximum Gasteiger partial charge on any atom is 0.411 e. The zero-order valence-electron chi connectivity index (χ0n) is 18.6. The van der Waals surface area contributed by atoms with Gasteiger partial charge in [0.25, 0.3) is 23.6 Å². The van der Waals surface area contributed by atoms with Gasteiger partial charge in [-0.1, -0.05) is 31.9 Å². The molecule has 0 bridgehead atoms. The zero-order valence-corrected chi connectivity index (χ0v) is 18.6. The summed E-state index contributed by atoms with van der Waals surface area (Å²) in [5, 5.41) is 1.82. The van der Waals surface area contributed by atoms with Gasteiger partial charge >= 0.3 is 12.4 Å². The van der Waals surface area contributed by atoms with Crippen LogP contribution in [0.3, 0.4) is 0 Å². The van der Waals surface area contributed by atoms with E-state index in [1.807, 2.05) is 12.2 Å². The highest BCUT2D eigenvalue weighted by Gasteiger charge is 2.72. The van der Waals surface area contributed by atoms with Crippen molar-refractivity contribution in [3.8, 4) is 0 Å². The number of carbonyl (C=O) groups is 4. The van der Waals surface area contributed by atoms with E-state index >= 15 is 0 Å². The highest BCUT2D eigenvalue weighted by Crippen LogP contribution is 2.56. The predicted molar refractivity (Wildman–Crippen MR) is 112 cm³/mol. The van der Waals surface area contributed by atoms with Gasteiger partial charge in [-0.05, 0) is 41.8 Å². The van der Waals surface area contributed by atoms with Crippen molar-refractivity contribution in [3.05, 3.63) is 69.8 Å². The van der Waals surface area contributed by atoms with Crippen molar-refractivity contribution in [3.63, 3.8) is 0 Å². The summed E-state index contributed by atoms with van der Waals surface area (Å²) in [4.78, 5) is 50.0. The lowest BCUT2D eigenvalue weighted by atomic mass is 9.71. The van der Waals surface area contributed by atoms with Crippen molar-refractivity contribution >= 4 is 23.6 Å². The predicted octanol–water partition coefficient (Wildman–Crippen LogP) is 4.77. The number of amides is 4. The molecule has 0 fully saturated rings. The summed E-state index contributed by atoms with van der Waals surface area (Å²) in [5.41, 5.74) is -9.22. The Kier molecular flexibility index (Phi) is 5.96. The Morgan fingerprint density at radius 2 is 1.19 bits per heavy atom. The molecule has 2 aliphatic rings. The molecular weight excluding hydrogens is 494 g/mol. The van der Waals surface area contributed by atoms with Crippen molar-refractivity contribution in [1.29, 1.82) is 0 Å². The molecular formula is C24H18F6N2O4. The van der Waals surface area contributed by atoms with Crippen molar-refractivity contribution in [1.82, 2.24) is 10.2 Å². The average Bonchev–Trinajstić information content (AvgIpc) is 3.19. The molecule has 4 amide bonds. The van der Waals surface area contributed by atoms with Crippen molar-refractivity contribution in [2.45, 2.75) is 44.0 Å². The summed E-state index contributed by atoms with van der Waals surface area (Å²) in [7, 11) is 0. The largest absolute Gasteiger partial charge is 0.411 e. The number of benzene rings is 2. The van der Waals surface area contributed by atoms with E-state index in [-0.39, 0.29) is 17.7 Å². The van der Waals surface area contributed by atoms with Gasteiger partial charge in [-0.2, -0.15) is 26.3 Å². The number of imide groups is 2. The summed E-state index contributed by atoms with van der Waals surface area (Å²) in [6.07, 6.45) is -10.1. The molecule has 2 aromatic rings. The lowest BCUT2D eigenvalue weighted by Gasteiger charge is -2.38. The maximum absolute atomic E-state index is 14.5. The molecule has 2 aromatic carbocycles. The Bertz CT molecular complexity index is 1280. The standard InChI is InChI=1S/C24H18F6N2O4/c1-2-3-4-9-32-20(35)15-8-6-13(11-17(15)21(32)36)22(23(25,26)27,24(28,29)30)12-5-7-14-16(10-12)19(34)31-18(14)33/h5-8,10-11H,2-4,9H2,1H3,(H,31,33,34). The molecule has 0 unspecified atom stereocenters. The molecule has 0 spiro atoms.